The van der Waals surface area contributed by atoms with Gasteiger partial charge in [0.2, 0.25) is 5.91 Å². The number of thiazole rings is 1. The first-order chi connectivity index (χ1) is 13.6. The highest BCUT2D eigenvalue weighted by Crippen LogP contribution is 2.45. The van der Waals surface area contributed by atoms with Crippen LogP contribution in [0.5, 0.6) is 5.75 Å². The fourth-order valence-electron chi connectivity index (χ4n) is 3.29. The van der Waals surface area contributed by atoms with Gasteiger partial charge >= 0.3 is 0 Å². The van der Waals surface area contributed by atoms with Gasteiger partial charge in [-0.2, -0.15) is 0 Å². The molecule has 1 N–H and O–H groups in total. The Hall–Kier alpha value is -2.18. The summed E-state index contributed by atoms with van der Waals surface area (Å²) in [6, 6.07) is 16.1. The van der Waals surface area contributed by atoms with Crippen LogP contribution in [0.15, 0.2) is 58.4 Å². The van der Waals surface area contributed by atoms with E-state index in [4.69, 9.17) is 4.74 Å². The lowest BCUT2D eigenvalue weighted by Crippen LogP contribution is -2.35. The number of nitrogens with zero attached hydrogens (tertiary/aromatic N) is 1. The predicted octanol–water partition coefficient (Wildman–Crippen LogP) is 5.32. The average Bonchev–Trinajstić information content (AvgIpc) is 3.31. The van der Waals surface area contributed by atoms with Crippen LogP contribution in [0.1, 0.15) is 31.0 Å². The van der Waals surface area contributed by atoms with Crippen molar-refractivity contribution in [2.75, 3.05) is 6.61 Å². The number of ether oxygens (including phenoxy) is 1. The van der Waals surface area contributed by atoms with Gasteiger partial charge in [-0.1, -0.05) is 40.2 Å². The Morgan fingerprint density at radius 2 is 1.96 bits per heavy atom. The van der Waals surface area contributed by atoms with Crippen molar-refractivity contribution < 1.29 is 9.53 Å². The molecule has 4 nitrogen and oxygen atoms in total. The Morgan fingerprint density at radius 3 is 2.68 bits per heavy atom. The van der Waals surface area contributed by atoms with E-state index < -0.39 is 0 Å². The molecule has 28 heavy (non-hydrogen) atoms. The van der Waals surface area contributed by atoms with Gasteiger partial charge < -0.3 is 10.1 Å². The van der Waals surface area contributed by atoms with Gasteiger partial charge in [0.1, 0.15) is 10.8 Å². The molecule has 4 rings (SSSR count). The highest BCUT2D eigenvalue weighted by Gasteiger charge is 2.45. The van der Waals surface area contributed by atoms with Crippen LogP contribution in [-0.2, 0) is 16.8 Å². The number of carbonyl (C=O) groups is 1. The lowest BCUT2D eigenvalue weighted by Gasteiger charge is -2.17. The number of amides is 1. The summed E-state index contributed by atoms with van der Waals surface area (Å²) in [5, 5.41) is 6.05. The molecule has 3 aromatic rings. The first-order valence-electron chi connectivity index (χ1n) is 9.33. The van der Waals surface area contributed by atoms with Gasteiger partial charge in [0.15, 0.2) is 0 Å². The van der Waals surface area contributed by atoms with Gasteiger partial charge in [0.05, 0.1) is 29.8 Å². The molecule has 1 amide bonds. The maximum absolute atomic E-state index is 12.6. The second kappa shape index (κ2) is 8.05. The highest BCUT2D eigenvalue weighted by molar-refractivity contribution is 9.10. The molecule has 1 saturated carbocycles. The largest absolute Gasteiger partial charge is 0.493 e. The number of hydrogen-bond donors (Lipinski definition) is 1. The number of para-hydroxylation sites is 1. The summed E-state index contributed by atoms with van der Waals surface area (Å²) in [6.45, 7) is 2.57. The molecule has 0 bridgehead atoms. The Kier molecular flexibility index (Phi) is 5.51. The van der Waals surface area contributed by atoms with Crippen molar-refractivity contribution in [3.05, 3.63) is 69.6 Å². The Morgan fingerprint density at radius 1 is 1.21 bits per heavy atom. The molecule has 144 valence electrons. The van der Waals surface area contributed by atoms with Crippen molar-refractivity contribution in [2.24, 2.45) is 0 Å². The zero-order valence-electron chi connectivity index (χ0n) is 15.6. The molecule has 2 aromatic carbocycles. The molecule has 0 spiro atoms. The van der Waals surface area contributed by atoms with Crippen LogP contribution in [0.25, 0.3) is 10.6 Å². The number of nitrogens with one attached hydrogen (secondary N) is 1. The molecular formula is C22H21BrN2O2S. The predicted molar refractivity (Wildman–Crippen MR) is 116 cm³/mol. The molecule has 0 saturated heterocycles. The van der Waals surface area contributed by atoms with E-state index in [2.05, 4.69) is 38.4 Å². The van der Waals surface area contributed by atoms with Crippen molar-refractivity contribution in [1.29, 1.82) is 0 Å². The highest BCUT2D eigenvalue weighted by atomic mass is 79.9. The van der Waals surface area contributed by atoms with Crippen molar-refractivity contribution >= 4 is 33.2 Å². The summed E-state index contributed by atoms with van der Waals surface area (Å²) in [6.07, 6.45) is 2.24. The third-order valence-electron chi connectivity index (χ3n) is 4.84. The molecule has 0 radical (unpaired) electrons. The van der Waals surface area contributed by atoms with Crippen LogP contribution in [0.4, 0.5) is 0 Å². The van der Waals surface area contributed by atoms with Crippen LogP contribution in [0.2, 0.25) is 0 Å². The minimum atomic E-state index is -0.210. The second-order valence-electron chi connectivity index (χ2n) is 6.89. The topological polar surface area (TPSA) is 51.2 Å². The van der Waals surface area contributed by atoms with Crippen molar-refractivity contribution in [2.45, 2.75) is 31.7 Å². The number of rotatable bonds is 7. The quantitative estimate of drug-likeness (QED) is 0.523. The lowest BCUT2D eigenvalue weighted by atomic mass is 10.0. The first-order valence-corrected chi connectivity index (χ1v) is 11.0. The fraction of sp³-hybridized carbons (Fsp3) is 0.273. The van der Waals surface area contributed by atoms with Crippen molar-refractivity contribution in [3.8, 4) is 16.3 Å². The molecule has 1 aromatic heterocycles. The van der Waals surface area contributed by atoms with Gasteiger partial charge in [-0.3, -0.25) is 4.79 Å². The summed E-state index contributed by atoms with van der Waals surface area (Å²) in [5.74, 6) is 0.831. The van der Waals surface area contributed by atoms with Crippen LogP contribution in [0.3, 0.4) is 0 Å². The minimum absolute atomic E-state index is 0.00959. The third kappa shape index (κ3) is 4.13. The van der Waals surface area contributed by atoms with Gasteiger partial charge in [-0.25, -0.2) is 4.98 Å². The first kappa shape index (κ1) is 19.2. The van der Waals surface area contributed by atoms with E-state index >= 15 is 0 Å². The molecule has 0 atom stereocenters. The number of benzene rings is 2. The van der Waals surface area contributed by atoms with E-state index in [0.29, 0.717) is 6.61 Å². The molecule has 1 aliphatic carbocycles. The molecule has 0 unspecified atom stereocenters. The van der Waals surface area contributed by atoms with E-state index in [1.165, 1.54) is 11.3 Å². The van der Waals surface area contributed by atoms with Crippen LogP contribution in [0, 0.1) is 0 Å². The molecule has 1 heterocycles. The van der Waals surface area contributed by atoms with Gasteiger partial charge in [-0.05, 0) is 49.6 Å². The van der Waals surface area contributed by atoms with E-state index in [1.807, 2.05) is 48.7 Å². The third-order valence-corrected chi connectivity index (χ3v) is 6.29. The Bertz CT molecular complexity index is 980. The van der Waals surface area contributed by atoms with E-state index in [1.54, 1.807) is 0 Å². The summed E-state index contributed by atoms with van der Waals surface area (Å²) in [5.41, 5.74) is 2.71. The van der Waals surface area contributed by atoms with E-state index in [0.717, 1.165) is 44.9 Å². The maximum Gasteiger partial charge on any atom is 0.226 e. The fourth-order valence-corrected chi connectivity index (χ4v) is 4.41. The standard InChI is InChI=1S/C22H21BrN2O2S/c1-2-27-19-6-4-3-5-18(19)21-24-17(14-28-21)13-20(26)25-22(11-12-22)15-7-9-16(23)10-8-15/h3-10,14H,2,11-13H2,1H3,(H,25,26). The summed E-state index contributed by atoms with van der Waals surface area (Å²) >= 11 is 5.00. The molecular weight excluding hydrogens is 436 g/mol. The Balaban J connectivity index is 1.44. The van der Waals surface area contributed by atoms with Crippen LogP contribution >= 0.6 is 27.3 Å². The van der Waals surface area contributed by atoms with Crippen molar-refractivity contribution in [3.63, 3.8) is 0 Å². The zero-order chi connectivity index (χ0) is 19.6. The number of carbonyl (C=O) groups excluding carboxylic acids is 1. The summed E-state index contributed by atoms with van der Waals surface area (Å²) in [7, 11) is 0. The molecule has 6 heteroatoms. The van der Waals surface area contributed by atoms with Crippen molar-refractivity contribution in [1.82, 2.24) is 10.3 Å². The summed E-state index contributed by atoms with van der Waals surface area (Å²) < 4.78 is 6.74. The second-order valence-corrected chi connectivity index (χ2v) is 8.66. The maximum atomic E-state index is 12.6. The lowest BCUT2D eigenvalue weighted by molar-refractivity contribution is -0.121. The van der Waals surface area contributed by atoms with Crippen LogP contribution in [-0.4, -0.2) is 17.5 Å². The normalized spacial score (nSPS) is 14.5. The van der Waals surface area contributed by atoms with E-state index in [-0.39, 0.29) is 17.9 Å². The van der Waals surface area contributed by atoms with Gasteiger partial charge in [-0.15, -0.1) is 11.3 Å². The Labute approximate surface area is 177 Å². The number of hydrogen-bond acceptors (Lipinski definition) is 4. The summed E-state index contributed by atoms with van der Waals surface area (Å²) in [4.78, 5) is 17.3. The smallest absolute Gasteiger partial charge is 0.226 e. The number of aromatic nitrogens is 1. The number of halogens is 1. The van der Waals surface area contributed by atoms with Crippen LogP contribution < -0.4 is 10.1 Å². The molecule has 1 fully saturated rings. The monoisotopic (exact) mass is 456 g/mol. The molecule has 0 aliphatic heterocycles. The minimum Gasteiger partial charge on any atom is -0.493 e. The SMILES string of the molecule is CCOc1ccccc1-c1nc(CC(=O)NC2(c3ccc(Br)cc3)CC2)cs1. The molecule has 1 aliphatic rings. The zero-order valence-corrected chi connectivity index (χ0v) is 18.0. The van der Waals surface area contributed by atoms with Gasteiger partial charge in [0.25, 0.3) is 0 Å². The van der Waals surface area contributed by atoms with E-state index in [9.17, 15) is 4.79 Å². The average molecular weight is 457 g/mol. The van der Waals surface area contributed by atoms with Gasteiger partial charge in [0, 0.05) is 9.85 Å².